The fourth-order valence-electron chi connectivity index (χ4n) is 2.72. The number of halogens is 1. The maximum atomic E-state index is 12.5. The van der Waals surface area contributed by atoms with E-state index in [2.05, 4.69) is 20.8 Å². The average Bonchev–Trinajstić information content (AvgIpc) is 2.84. The Morgan fingerprint density at radius 3 is 2.50 bits per heavy atom. The predicted molar refractivity (Wildman–Crippen MR) is 105 cm³/mol. The summed E-state index contributed by atoms with van der Waals surface area (Å²) >= 11 is 3.31. The SMILES string of the molecule is CC(C)COC(=O)N1CCCN(CCS(=O)(=O)c2ccc(Br)cc2)CC1. The number of ether oxygens (including phenoxy) is 1. The van der Waals surface area contributed by atoms with Crippen molar-refractivity contribution in [3.63, 3.8) is 0 Å². The van der Waals surface area contributed by atoms with Crippen LogP contribution in [0.3, 0.4) is 0 Å². The van der Waals surface area contributed by atoms with Crippen molar-refractivity contribution >= 4 is 31.9 Å². The van der Waals surface area contributed by atoms with Crippen molar-refractivity contribution in [2.24, 2.45) is 5.92 Å². The second-order valence-electron chi connectivity index (χ2n) is 6.93. The summed E-state index contributed by atoms with van der Waals surface area (Å²) in [6, 6.07) is 6.71. The van der Waals surface area contributed by atoms with E-state index in [4.69, 9.17) is 4.74 Å². The molecule has 26 heavy (non-hydrogen) atoms. The zero-order valence-corrected chi connectivity index (χ0v) is 17.8. The summed E-state index contributed by atoms with van der Waals surface area (Å²) in [6.07, 6.45) is 0.540. The lowest BCUT2D eigenvalue weighted by Gasteiger charge is -2.22. The third-order valence-corrected chi connectivity index (χ3v) is 6.47. The lowest BCUT2D eigenvalue weighted by atomic mass is 10.2. The second kappa shape index (κ2) is 9.71. The van der Waals surface area contributed by atoms with Crippen molar-refractivity contribution < 1.29 is 17.9 Å². The molecule has 146 valence electrons. The molecule has 0 saturated carbocycles. The van der Waals surface area contributed by atoms with Crippen molar-refractivity contribution in [1.29, 1.82) is 0 Å². The van der Waals surface area contributed by atoms with Gasteiger partial charge in [-0.3, -0.25) is 0 Å². The zero-order valence-electron chi connectivity index (χ0n) is 15.4. The van der Waals surface area contributed by atoms with Crippen LogP contribution in [0.2, 0.25) is 0 Å². The molecule has 0 spiro atoms. The molecular weight excluding hydrogens is 420 g/mol. The number of amides is 1. The lowest BCUT2D eigenvalue weighted by molar-refractivity contribution is 0.0931. The molecule has 1 aromatic rings. The Morgan fingerprint density at radius 1 is 1.15 bits per heavy atom. The predicted octanol–water partition coefficient (Wildman–Crippen LogP) is 3.02. The summed E-state index contributed by atoms with van der Waals surface area (Å²) < 4.78 is 31.1. The van der Waals surface area contributed by atoms with Crippen LogP contribution in [0.1, 0.15) is 20.3 Å². The fraction of sp³-hybridized carbons (Fsp3) is 0.611. The van der Waals surface area contributed by atoms with Crippen LogP contribution in [0.15, 0.2) is 33.6 Å². The molecule has 1 aliphatic heterocycles. The molecule has 0 aliphatic carbocycles. The van der Waals surface area contributed by atoms with Gasteiger partial charge in [-0.05, 0) is 43.1 Å². The molecule has 0 aromatic heterocycles. The van der Waals surface area contributed by atoms with Gasteiger partial charge in [0.05, 0.1) is 17.3 Å². The standard InChI is InChI=1S/C18H27BrN2O4S/c1-15(2)14-25-18(22)21-9-3-8-20(10-11-21)12-13-26(23,24)17-6-4-16(19)5-7-17/h4-7,15H,3,8-14H2,1-2H3. The summed E-state index contributed by atoms with van der Waals surface area (Å²) in [4.78, 5) is 16.2. The van der Waals surface area contributed by atoms with Gasteiger partial charge >= 0.3 is 6.09 Å². The number of sulfone groups is 1. The smallest absolute Gasteiger partial charge is 0.409 e. The molecule has 1 amide bonds. The fourth-order valence-corrected chi connectivity index (χ4v) is 4.26. The van der Waals surface area contributed by atoms with Crippen LogP contribution >= 0.6 is 15.9 Å². The molecule has 1 aliphatic rings. The van der Waals surface area contributed by atoms with Crippen LogP contribution in [0.4, 0.5) is 4.79 Å². The normalized spacial score (nSPS) is 16.5. The van der Waals surface area contributed by atoms with Crippen LogP contribution in [-0.4, -0.2) is 69.4 Å². The van der Waals surface area contributed by atoms with Gasteiger partial charge < -0.3 is 14.5 Å². The van der Waals surface area contributed by atoms with Gasteiger partial charge in [0, 0.05) is 30.7 Å². The van der Waals surface area contributed by atoms with E-state index in [1.54, 1.807) is 29.2 Å². The molecule has 1 saturated heterocycles. The average molecular weight is 447 g/mol. The van der Waals surface area contributed by atoms with Gasteiger partial charge in [0.25, 0.3) is 0 Å². The molecule has 1 aromatic carbocycles. The molecule has 1 heterocycles. The maximum Gasteiger partial charge on any atom is 0.409 e. The summed E-state index contributed by atoms with van der Waals surface area (Å²) in [5.74, 6) is 0.387. The molecule has 0 atom stereocenters. The van der Waals surface area contributed by atoms with E-state index < -0.39 is 9.84 Å². The van der Waals surface area contributed by atoms with Gasteiger partial charge in [-0.1, -0.05) is 29.8 Å². The topological polar surface area (TPSA) is 66.9 Å². The zero-order chi connectivity index (χ0) is 19.2. The molecule has 8 heteroatoms. The number of benzene rings is 1. The van der Waals surface area contributed by atoms with Crippen LogP contribution in [0, 0.1) is 5.92 Å². The van der Waals surface area contributed by atoms with Crippen LogP contribution in [-0.2, 0) is 14.6 Å². The first kappa shape index (κ1) is 21.2. The number of nitrogens with zero attached hydrogens (tertiary/aromatic N) is 2. The van der Waals surface area contributed by atoms with Crippen molar-refractivity contribution in [2.75, 3.05) is 45.1 Å². The minimum Gasteiger partial charge on any atom is -0.449 e. The van der Waals surface area contributed by atoms with Crippen LogP contribution in [0.5, 0.6) is 0 Å². The quantitative estimate of drug-likeness (QED) is 0.671. The number of rotatable bonds is 6. The van der Waals surface area contributed by atoms with Gasteiger partial charge in [-0.2, -0.15) is 0 Å². The molecule has 1 fully saturated rings. The highest BCUT2D eigenvalue weighted by Crippen LogP contribution is 2.16. The largest absolute Gasteiger partial charge is 0.449 e. The van der Waals surface area contributed by atoms with Crippen molar-refractivity contribution in [3.8, 4) is 0 Å². The Bertz CT molecular complexity index is 692. The number of hydrogen-bond acceptors (Lipinski definition) is 5. The first-order valence-electron chi connectivity index (χ1n) is 8.90. The Morgan fingerprint density at radius 2 is 1.85 bits per heavy atom. The molecular formula is C18H27BrN2O4S. The maximum absolute atomic E-state index is 12.5. The Kier molecular flexibility index (Phi) is 7.91. The van der Waals surface area contributed by atoms with Gasteiger partial charge in [0.2, 0.25) is 0 Å². The Balaban J connectivity index is 1.84. The monoisotopic (exact) mass is 446 g/mol. The Hall–Kier alpha value is -1.12. The van der Waals surface area contributed by atoms with Crippen LogP contribution < -0.4 is 0 Å². The van der Waals surface area contributed by atoms with Crippen molar-refractivity contribution in [1.82, 2.24) is 9.80 Å². The van der Waals surface area contributed by atoms with Gasteiger partial charge in [-0.15, -0.1) is 0 Å². The molecule has 6 nitrogen and oxygen atoms in total. The van der Waals surface area contributed by atoms with E-state index in [1.807, 2.05) is 13.8 Å². The third-order valence-electron chi connectivity index (χ3n) is 4.24. The van der Waals surface area contributed by atoms with Crippen molar-refractivity contribution in [2.45, 2.75) is 25.2 Å². The van der Waals surface area contributed by atoms with E-state index in [9.17, 15) is 13.2 Å². The van der Waals surface area contributed by atoms with Gasteiger partial charge in [0.15, 0.2) is 9.84 Å². The van der Waals surface area contributed by atoms with E-state index in [0.717, 1.165) is 17.4 Å². The molecule has 0 bridgehead atoms. The first-order valence-corrected chi connectivity index (χ1v) is 11.3. The van der Waals surface area contributed by atoms with Gasteiger partial charge in [-0.25, -0.2) is 13.2 Å². The molecule has 0 radical (unpaired) electrons. The molecule has 2 rings (SSSR count). The summed E-state index contributed by atoms with van der Waals surface area (Å²) in [7, 11) is -3.30. The van der Waals surface area contributed by atoms with E-state index >= 15 is 0 Å². The number of carbonyl (C=O) groups excluding carboxylic acids is 1. The molecule has 0 unspecified atom stereocenters. The van der Waals surface area contributed by atoms with E-state index in [-0.39, 0.29) is 11.8 Å². The van der Waals surface area contributed by atoms with Gasteiger partial charge in [0.1, 0.15) is 0 Å². The lowest BCUT2D eigenvalue weighted by Crippen LogP contribution is -2.37. The van der Waals surface area contributed by atoms with E-state index in [1.165, 1.54) is 0 Å². The second-order valence-corrected chi connectivity index (χ2v) is 9.95. The Labute approximate surface area is 164 Å². The summed E-state index contributed by atoms with van der Waals surface area (Å²) in [5, 5.41) is 0. The number of hydrogen-bond donors (Lipinski definition) is 0. The third kappa shape index (κ3) is 6.55. The summed E-state index contributed by atoms with van der Waals surface area (Å²) in [5.41, 5.74) is 0. The highest BCUT2D eigenvalue weighted by molar-refractivity contribution is 9.10. The molecule has 0 N–H and O–H groups in total. The minimum absolute atomic E-state index is 0.0758. The van der Waals surface area contributed by atoms with Crippen molar-refractivity contribution in [3.05, 3.63) is 28.7 Å². The van der Waals surface area contributed by atoms with E-state index in [0.29, 0.717) is 43.6 Å². The minimum atomic E-state index is -3.30. The van der Waals surface area contributed by atoms with Crippen LogP contribution in [0.25, 0.3) is 0 Å². The highest BCUT2D eigenvalue weighted by Gasteiger charge is 2.22. The highest BCUT2D eigenvalue weighted by atomic mass is 79.9. The number of carbonyl (C=O) groups is 1. The first-order chi connectivity index (χ1) is 12.3. The summed E-state index contributed by atoms with van der Waals surface area (Å²) in [6.45, 7) is 7.54.